The molecule has 20 heavy (non-hydrogen) atoms. The van der Waals surface area contributed by atoms with E-state index in [1.54, 1.807) is 0 Å². The molecular formula is C15H18ClN3O. The van der Waals surface area contributed by atoms with Gasteiger partial charge in [0.1, 0.15) is 0 Å². The Kier molecular flexibility index (Phi) is 3.52. The van der Waals surface area contributed by atoms with Gasteiger partial charge in [-0.1, -0.05) is 35.8 Å². The number of benzene rings is 1. The lowest BCUT2D eigenvalue weighted by molar-refractivity contribution is 0.368. The summed E-state index contributed by atoms with van der Waals surface area (Å²) in [7, 11) is 0. The standard InChI is InChI=1S/C15H17N3O.ClH/c16-8-9-4-6-10(7-5-9)14-17-15(19-18-14)13-11-2-1-3-12(11)13;/h4-7,11-13H,1-3,8,16H2;1H. The number of rotatable bonds is 3. The SMILES string of the molecule is Cl.NCc1ccc(-c2noc(C3C4CCCC43)n2)cc1. The molecule has 0 amide bonds. The van der Waals surface area contributed by atoms with Crippen LogP contribution in [0.4, 0.5) is 0 Å². The van der Waals surface area contributed by atoms with Crippen molar-refractivity contribution >= 4 is 12.4 Å². The Morgan fingerprint density at radius 1 is 1.15 bits per heavy atom. The second-order valence-corrected chi connectivity index (χ2v) is 5.64. The smallest absolute Gasteiger partial charge is 0.230 e. The molecule has 2 aliphatic carbocycles. The van der Waals surface area contributed by atoms with E-state index in [9.17, 15) is 0 Å². The molecule has 0 radical (unpaired) electrons. The highest BCUT2D eigenvalue weighted by atomic mass is 35.5. The molecule has 2 saturated carbocycles. The maximum absolute atomic E-state index is 5.59. The first-order chi connectivity index (χ1) is 9.36. The van der Waals surface area contributed by atoms with Gasteiger partial charge in [-0.2, -0.15) is 4.98 Å². The summed E-state index contributed by atoms with van der Waals surface area (Å²) >= 11 is 0. The van der Waals surface area contributed by atoms with E-state index in [1.165, 1.54) is 19.3 Å². The minimum Gasteiger partial charge on any atom is -0.339 e. The molecule has 1 aromatic carbocycles. The lowest BCUT2D eigenvalue weighted by atomic mass is 10.1. The summed E-state index contributed by atoms with van der Waals surface area (Å²) in [4.78, 5) is 4.57. The van der Waals surface area contributed by atoms with E-state index in [1.807, 2.05) is 24.3 Å². The molecule has 2 N–H and O–H groups in total. The van der Waals surface area contributed by atoms with Crippen molar-refractivity contribution in [3.63, 3.8) is 0 Å². The van der Waals surface area contributed by atoms with Crippen molar-refractivity contribution in [1.82, 2.24) is 10.1 Å². The third kappa shape index (κ3) is 2.13. The van der Waals surface area contributed by atoms with Gasteiger partial charge in [-0.05, 0) is 30.2 Å². The van der Waals surface area contributed by atoms with E-state index in [0.717, 1.165) is 28.9 Å². The van der Waals surface area contributed by atoms with Crippen LogP contribution < -0.4 is 5.73 Å². The minimum atomic E-state index is 0. The van der Waals surface area contributed by atoms with Crippen LogP contribution in [0, 0.1) is 11.8 Å². The zero-order valence-corrected chi connectivity index (χ0v) is 12.0. The number of aromatic nitrogens is 2. The molecule has 4 rings (SSSR count). The van der Waals surface area contributed by atoms with Crippen LogP contribution in [0.15, 0.2) is 28.8 Å². The van der Waals surface area contributed by atoms with Gasteiger partial charge in [0.25, 0.3) is 0 Å². The van der Waals surface area contributed by atoms with Gasteiger partial charge in [0.15, 0.2) is 0 Å². The van der Waals surface area contributed by atoms with Gasteiger partial charge in [-0.15, -0.1) is 12.4 Å². The van der Waals surface area contributed by atoms with E-state index in [4.69, 9.17) is 10.3 Å². The van der Waals surface area contributed by atoms with E-state index in [-0.39, 0.29) is 12.4 Å². The lowest BCUT2D eigenvalue weighted by Crippen LogP contribution is -1.95. The predicted molar refractivity (Wildman–Crippen MR) is 78.4 cm³/mol. The molecule has 0 saturated heterocycles. The number of hydrogen-bond acceptors (Lipinski definition) is 4. The van der Waals surface area contributed by atoms with E-state index in [2.05, 4.69) is 10.1 Å². The lowest BCUT2D eigenvalue weighted by Gasteiger charge is -1.97. The highest BCUT2D eigenvalue weighted by Crippen LogP contribution is 2.62. The predicted octanol–water partition coefficient (Wildman–Crippen LogP) is 3.13. The van der Waals surface area contributed by atoms with Crippen LogP contribution >= 0.6 is 12.4 Å². The van der Waals surface area contributed by atoms with Crippen molar-refractivity contribution < 1.29 is 4.52 Å². The average Bonchev–Trinajstić information content (AvgIpc) is 2.90. The van der Waals surface area contributed by atoms with Gasteiger partial charge < -0.3 is 10.3 Å². The maximum atomic E-state index is 5.59. The molecule has 0 bridgehead atoms. The number of nitrogens with zero attached hydrogens (tertiary/aromatic N) is 2. The van der Waals surface area contributed by atoms with Gasteiger partial charge in [-0.25, -0.2) is 0 Å². The monoisotopic (exact) mass is 291 g/mol. The van der Waals surface area contributed by atoms with Gasteiger partial charge in [0, 0.05) is 18.0 Å². The third-order valence-corrected chi connectivity index (χ3v) is 4.58. The van der Waals surface area contributed by atoms with Gasteiger partial charge in [0.2, 0.25) is 11.7 Å². The molecule has 1 heterocycles. The number of halogens is 1. The summed E-state index contributed by atoms with van der Waals surface area (Å²) in [5.41, 5.74) is 7.71. The Morgan fingerprint density at radius 3 is 2.50 bits per heavy atom. The molecule has 2 fully saturated rings. The normalized spacial score (nSPS) is 26.9. The fourth-order valence-corrected chi connectivity index (χ4v) is 3.47. The van der Waals surface area contributed by atoms with Crippen molar-refractivity contribution in [2.24, 2.45) is 17.6 Å². The molecule has 5 heteroatoms. The van der Waals surface area contributed by atoms with Crippen LogP contribution in [-0.2, 0) is 6.54 Å². The van der Waals surface area contributed by atoms with Crippen molar-refractivity contribution in [2.75, 3.05) is 0 Å². The molecule has 0 spiro atoms. The molecule has 0 aliphatic heterocycles. The van der Waals surface area contributed by atoms with Gasteiger partial charge >= 0.3 is 0 Å². The molecule has 2 aliphatic rings. The fraction of sp³-hybridized carbons (Fsp3) is 0.467. The molecule has 2 atom stereocenters. The average molecular weight is 292 g/mol. The summed E-state index contributed by atoms with van der Waals surface area (Å²) in [6.07, 6.45) is 4.03. The van der Waals surface area contributed by atoms with Gasteiger partial charge in [0.05, 0.1) is 0 Å². The summed E-state index contributed by atoms with van der Waals surface area (Å²) in [6, 6.07) is 8.03. The number of fused-ring (bicyclic) bond motifs is 1. The quantitative estimate of drug-likeness (QED) is 0.943. The van der Waals surface area contributed by atoms with E-state index < -0.39 is 0 Å². The zero-order valence-electron chi connectivity index (χ0n) is 11.2. The van der Waals surface area contributed by atoms with Crippen LogP contribution in [0.25, 0.3) is 11.4 Å². The number of nitrogens with two attached hydrogens (primary N) is 1. The van der Waals surface area contributed by atoms with Crippen molar-refractivity contribution in [1.29, 1.82) is 0 Å². The van der Waals surface area contributed by atoms with Crippen LogP contribution in [0.1, 0.15) is 36.6 Å². The molecule has 2 unspecified atom stereocenters. The minimum absolute atomic E-state index is 0. The summed E-state index contributed by atoms with van der Waals surface area (Å²) in [6.45, 7) is 0.559. The largest absolute Gasteiger partial charge is 0.339 e. The van der Waals surface area contributed by atoms with Gasteiger partial charge in [-0.3, -0.25) is 0 Å². The van der Waals surface area contributed by atoms with Crippen LogP contribution in [0.3, 0.4) is 0 Å². The first-order valence-electron chi connectivity index (χ1n) is 7.00. The Bertz CT molecular complexity index is 585. The summed E-state index contributed by atoms with van der Waals surface area (Å²) in [5.74, 6) is 3.70. The second kappa shape index (κ2) is 5.19. The Morgan fingerprint density at radius 2 is 1.85 bits per heavy atom. The number of hydrogen-bond donors (Lipinski definition) is 1. The third-order valence-electron chi connectivity index (χ3n) is 4.58. The highest BCUT2D eigenvalue weighted by Gasteiger charge is 2.56. The Balaban J connectivity index is 0.00000121. The maximum Gasteiger partial charge on any atom is 0.230 e. The molecule has 4 nitrogen and oxygen atoms in total. The first kappa shape index (κ1) is 13.6. The Labute approximate surface area is 124 Å². The summed E-state index contributed by atoms with van der Waals surface area (Å²) in [5, 5.41) is 4.11. The van der Waals surface area contributed by atoms with Crippen LogP contribution in [0.5, 0.6) is 0 Å². The van der Waals surface area contributed by atoms with Crippen LogP contribution in [-0.4, -0.2) is 10.1 Å². The van der Waals surface area contributed by atoms with E-state index in [0.29, 0.717) is 18.3 Å². The molecular weight excluding hydrogens is 274 g/mol. The van der Waals surface area contributed by atoms with E-state index >= 15 is 0 Å². The highest BCUT2D eigenvalue weighted by molar-refractivity contribution is 5.85. The Hall–Kier alpha value is -1.39. The topological polar surface area (TPSA) is 64.9 Å². The molecule has 106 valence electrons. The van der Waals surface area contributed by atoms with Crippen molar-refractivity contribution in [3.05, 3.63) is 35.7 Å². The molecule has 2 aromatic rings. The second-order valence-electron chi connectivity index (χ2n) is 5.64. The van der Waals surface area contributed by atoms with Crippen molar-refractivity contribution in [2.45, 2.75) is 31.7 Å². The summed E-state index contributed by atoms with van der Waals surface area (Å²) < 4.78 is 5.45. The first-order valence-corrected chi connectivity index (χ1v) is 7.00. The van der Waals surface area contributed by atoms with Crippen LogP contribution in [0.2, 0.25) is 0 Å². The fourth-order valence-electron chi connectivity index (χ4n) is 3.47. The van der Waals surface area contributed by atoms with Crippen molar-refractivity contribution in [3.8, 4) is 11.4 Å². The molecule has 1 aromatic heterocycles. The zero-order chi connectivity index (χ0) is 12.8.